The first-order valence-electron chi connectivity index (χ1n) is 6.36. The van der Waals surface area contributed by atoms with Crippen LogP contribution in [0, 0.1) is 5.92 Å². The number of rotatable bonds is 3. The van der Waals surface area contributed by atoms with Crippen LogP contribution < -0.4 is 5.32 Å². The van der Waals surface area contributed by atoms with Gasteiger partial charge in [-0.25, -0.2) is 0 Å². The molecule has 92 valence electrons. The van der Waals surface area contributed by atoms with Gasteiger partial charge >= 0.3 is 0 Å². The molecule has 1 atom stereocenters. The molecule has 1 amide bonds. The third kappa shape index (κ3) is 2.38. The van der Waals surface area contributed by atoms with E-state index < -0.39 is 0 Å². The Labute approximate surface area is 98.0 Å². The first kappa shape index (κ1) is 11.9. The van der Waals surface area contributed by atoms with Crippen LogP contribution in [0.4, 0.5) is 0 Å². The van der Waals surface area contributed by atoms with Crippen molar-refractivity contribution in [1.29, 1.82) is 0 Å². The van der Waals surface area contributed by atoms with Crippen LogP contribution in [0.1, 0.15) is 19.3 Å². The highest BCUT2D eigenvalue weighted by Gasteiger charge is 2.33. The maximum Gasteiger partial charge on any atom is 0.225 e. The quantitative estimate of drug-likeness (QED) is 0.742. The van der Waals surface area contributed by atoms with Gasteiger partial charge in [-0.3, -0.25) is 9.69 Å². The molecule has 0 aromatic rings. The second-order valence-corrected chi connectivity index (χ2v) is 5.10. The summed E-state index contributed by atoms with van der Waals surface area (Å²) in [5, 5.41) is 3.20. The summed E-state index contributed by atoms with van der Waals surface area (Å²) in [7, 11) is 4.12. The number of carbonyl (C=O) groups excluding carboxylic acids is 1. The van der Waals surface area contributed by atoms with Crippen LogP contribution in [0.5, 0.6) is 0 Å². The van der Waals surface area contributed by atoms with Gasteiger partial charge in [0, 0.05) is 38.1 Å². The van der Waals surface area contributed by atoms with Crippen LogP contribution in [0.15, 0.2) is 0 Å². The van der Waals surface area contributed by atoms with Gasteiger partial charge in [0.05, 0.1) is 0 Å². The van der Waals surface area contributed by atoms with Crippen molar-refractivity contribution in [3.63, 3.8) is 0 Å². The Hall–Kier alpha value is -0.610. The lowest BCUT2D eigenvalue weighted by Gasteiger charge is -2.41. The molecule has 1 unspecified atom stereocenters. The number of likely N-dealkylation sites (N-methyl/N-ethyl adjacent to an activating group) is 2. The average Bonchev–Trinajstić information content (AvgIpc) is 2.19. The van der Waals surface area contributed by atoms with Gasteiger partial charge in [-0.05, 0) is 26.9 Å². The van der Waals surface area contributed by atoms with E-state index in [0.29, 0.717) is 17.9 Å². The zero-order chi connectivity index (χ0) is 11.5. The minimum absolute atomic E-state index is 0.346. The Balaban J connectivity index is 1.88. The molecule has 2 aliphatic rings. The minimum Gasteiger partial charge on any atom is -0.340 e. The van der Waals surface area contributed by atoms with E-state index in [-0.39, 0.29) is 0 Å². The Bertz CT molecular complexity index is 253. The Kier molecular flexibility index (Phi) is 3.82. The van der Waals surface area contributed by atoms with Gasteiger partial charge in [0.25, 0.3) is 0 Å². The van der Waals surface area contributed by atoms with Gasteiger partial charge in [-0.15, -0.1) is 0 Å². The lowest BCUT2D eigenvalue weighted by atomic mass is 9.84. The van der Waals surface area contributed by atoms with Crippen LogP contribution in [-0.2, 0) is 4.79 Å². The molecule has 1 saturated carbocycles. The predicted molar refractivity (Wildman–Crippen MR) is 64.3 cm³/mol. The van der Waals surface area contributed by atoms with Gasteiger partial charge in [0.15, 0.2) is 0 Å². The Morgan fingerprint density at radius 1 is 1.38 bits per heavy atom. The van der Waals surface area contributed by atoms with Crippen molar-refractivity contribution in [2.75, 3.05) is 40.3 Å². The summed E-state index contributed by atoms with van der Waals surface area (Å²) in [6, 6.07) is 0.475. The van der Waals surface area contributed by atoms with E-state index in [9.17, 15) is 4.79 Å². The summed E-state index contributed by atoms with van der Waals surface area (Å²) in [6.07, 6.45) is 3.47. The van der Waals surface area contributed by atoms with Crippen molar-refractivity contribution in [2.45, 2.75) is 25.3 Å². The monoisotopic (exact) mass is 225 g/mol. The van der Waals surface area contributed by atoms with Crippen molar-refractivity contribution in [1.82, 2.24) is 15.1 Å². The van der Waals surface area contributed by atoms with Gasteiger partial charge in [0.1, 0.15) is 0 Å². The van der Waals surface area contributed by atoms with E-state index in [1.54, 1.807) is 0 Å². The summed E-state index contributed by atoms with van der Waals surface area (Å²) in [4.78, 5) is 16.5. The first-order valence-corrected chi connectivity index (χ1v) is 6.36. The summed E-state index contributed by atoms with van der Waals surface area (Å²) >= 11 is 0. The minimum atomic E-state index is 0.346. The zero-order valence-corrected chi connectivity index (χ0v) is 10.4. The Morgan fingerprint density at radius 2 is 2.12 bits per heavy atom. The molecule has 2 fully saturated rings. The second kappa shape index (κ2) is 5.15. The van der Waals surface area contributed by atoms with Crippen LogP contribution in [0.3, 0.4) is 0 Å². The topological polar surface area (TPSA) is 35.6 Å². The standard InChI is InChI=1S/C12H23N3O/c1-13-8-11-9-15(7-6-14(11)2)12(16)10-4-3-5-10/h10-11,13H,3-9H2,1-2H3. The largest absolute Gasteiger partial charge is 0.340 e. The molecule has 1 aliphatic heterocycles. The SMILES string of the molecule is CNCC1CN(C(=O)C2CCC2)CCN1C. The van der Waals surface area contributed by atoms with Gasteiger partial charge < -0.3 is 10.2 Å². The molecule has 1 N–H and O–H groups in total. The number of hydrogen-bond acceptors (Lipinski definition) is 3. The number of hydrogen-bond donors (Lipinski definition) is 1. The van der Waals surface area contributed by atoms with Crippen molar-refractivity contribution in [3.8, 4) is 0 Å². The average molecular weight is 225 g/mol. The van der Waals surface area contributed by atoms with Gasteiger partial charge in [-0.1, -0.05) is 6.42 Å². The number of amides is 1. The molecule has 4 nitrogen and oxygen atoms in total. The smallest absolute Gasteiger partial charge is 0.225 e. The third-order valence-electron chi connectivity index (χ3n) is 3.98. The number of carbonyl (C=O) groups is 1. The highest BCUT2D eigenvalue weighted by molar-refractivity contribution is 5.79. The van der Waals surface area contributed by atoms with Gasteiger partial charge in [-0.2, -0.15) is 0 Å². The fourth-order valence-electron chi connectivity index (χ4n) is 2.52. The molecule has 0 aromatic carbocycles. The fraction of sp³-hybridized carbons (Fsp3) is 0.917. The van der Waals surface area contributed by atoms with E-state index in [1.807, 2.05) is 7.05 Å². The van der Waals surface area contributed by atoms with E-state index >= 15 is 0 Å². The van der Waals surface area contributed by atoms with Crippen molar-refractivity contribution in [2.24, 2.45) is 5.92 Å². The molecule has 0 bridgehead atoms. The number of nitrogens with one attached hydrogen (secondary N) is 1. The number of piperazine rings is 1. The van der Waals surface area contributed by atoms with E-state index in [4.69, 9.17) is 0 Å². The second-order valence-electron chi connectivity index (χ2n) is 5.10. The molecule has 0 spiro atoms. The third-order valence-corrected chi connectivity index (χ3v) is 3.98. The molecule has 1 aliphatic carbocycles. The van der Waals surface area contributed by atoms with Crippen molar-refractivity contribution >= 4 is 5.91 Å². The molecular formula is C12H23N3O. The van der Waals surface area contributed by atoms with Crippen LogP contribution in [0.2, 0.25) is 0 Å². The highest BCUT2D eigenvalue weighted by atomic mass is 16.2. The maximum atomic E-state index is 12.1. The lowest BCUT2D eigenvalue weighted by Crippen LogP contribution is -2.57. The lowest BCUT2D eigenvalue weighted by molar-refractivity contribution is -0.140. The molecule has 2 rings (SSSR count). The highest BCUT2D eigenvalue weighted by Crippen LogP contribution is 2.28. The maximum absolute atomic E-state index is 12.1. The predicted octanol–water partition coefficient (Wildman–Crippen LogP) is 0.148. The summed E-state index contributed by atoms with van der Waals surface area (Å²) < 4.78 is 0. The van der Waals surface area contributed by atoms with Crippen molar-refractivity contribution < 1.29 is 4.79 Å². The molecule has 0 radical (unpaired) electrons. The van der Waals surface area contributed by atoms with Crippen molar-refractivity contribution in [3.05, 3.63) is 0 Å². The summed E-state index contributed by atoms with van der Waals surface area (Å²) in [6.45, 7) is 3.77. The Morgan fingerprint density at radius 3 is 2.69 bits per heavy atom. The molecule has 1 saturated heterocycles. The molecule has 1 heterocycles. The summed E-state index contributed by atoms with van der Waals surface area (Å²) in [5.41, 5.74) is 0. The molecular weight excluding hydrogens is 202 g/mol. The zero-order valence-electron chi connectivity index (χ0n) is 10.4. The van der Waals surface area contributed by atoms with Crippen LogP contribution in [-0.4, -0.2) is 62.0 Å². The fourth-order valence-corrected chi connectivity index (χ4v) is 2.52. The molecule has 0 aromatic heterocycles. The number of nitrogens with zero attached hydrogens (tertiary/aromatic N) is 2. The van der Waals surface area contributed by atoms with E-state index in [2.05, 4.69) is 22.2 Å². The first-order chi connectivity index (χ1) is 7.72. The normalized spacial score (nSPS) is 27.9. The van der Waals surface area contributed by atoms with Crippen LogP contribution in [0.25, 0.3) is 0 Å². The molecule has 4 heteroatoms. The van der Waals surface area contributed by atoms with Crippen LogP contribution >= 0.6 is 0 Å². The van der Waals surface area contributed by atoms with E-state index in [1.165, 1.54) is 6.42 Å². The van der Waals surface area contributed by atoms with Gasteiger partial charge in [0.2, 0.25) is 5.91 Å². The summed E-state index contributed by atoms with van der Waals surface area (Å²) in [5.74, 6) is 0.749. The van der Waals surface area contributed by atoms with E-state index in [0.717, 1.165) is 39.0 Å². The molecule has 16 heavy (non-hydrogen) atoms.